The number of carbonyl (C=O) groups is 1. The number of thioether (sulfide) groups is 1. The van der Waals surface area contributed by atoms with E-state index < -0.39 is 12.0 Å². The molecule has 0 aliphatic carbocycles. The number of aryl methyl sites for hydroxylation is 1. The van der Waals surface area contributed by atoms with Crippen LogP contribution in [0.4, 0.5) is 0 Å². The lowest BCUT2D eigenvalue weighted by Crippen LogP contribution is -2.30. The quantitative estimate of drug-likeness (QED) is 0.723. The second kappa shape index (κ2) is 7.70. The van der Waals surface area contributed by atoms with Gasteiger partial charge in [0.1, 0.15) is 6.04 Å². The maximum absolute atomic E-state index is 10.6. The Hall–Kier alpha value is -1.00. The van der Waals surface area contributed by atoms with Gasteiger partial charge < -0.3 is 10.8 Å². The molecule has 0 amide bonds. The van der Waals surface area contributed by atoms with Gasteiger partial charge in [-0.1, -0.05) is 43.7 Å². The van der Waals surface area contributed by atoms with Crippen molar-refractivity contribution in [3.63, 3.8) is 0 Å². The van der Waals surface area contributed by atoms with Crippen molar-refractivity contribution in [2.24, 2.45) is 5.73 Å². The van der Waals surface area contributed by atoms with Crippen LogP contribution in [0.2, 0.25) is 0 Å². The zero-order valence-corrected chi connectivity index (χ0v) is 13.4. The van der Waals surface area contributed by atoms with Crippen molar-refractivity contribution in [2.75, 3.05) is 11.5 Å². The van der Waals surface area contributed by atoms with E-state index in [1.807, 2.05) is 0 Å². The molecule has 1 aromatic carbocycles. The smallest absolute Gasteiger partial charge is 0.320 e. The summed E-state index contributed by atoms with van der Waals surface area (Å²) < 4.78 is 0. The third kappa shape index (κ3) is 5.55. The molecule has 0 heterocycles. The maximum Gasteiger partial charge on any atom is 0.320 e. The first kappa shape index (κ1) is 17.1. The monoisotopic (exact) mass is 295 g/mol. The van der Waals surface area contributed by atoms with Crippen LogP contribution in [0.1, 0.15) is 37.8 Å². The van der Waals surface area contributed by atoms with Crippen molar-refractivity contribution in [3.05, 3.63) is 35.4 Å². The van der Waals surface area contributed by atoms with Gasteiger partial charge in [0.25, 0.3) is 0 Å². The van der Waals surface area contributed by atoms with Crippen LogP contribution in [0.15, 0.2) is 24.3 Å². The number of benzene rings is 1. The molecule has 0 aliphatic heterocycles. The summed E-state index contributed by atoms with van der Waals surface area (Å²) >= 11 is 1.78. The maximum atomic E-state index is 10.6. The van der Waals surface area contributed by atoms with Gasteiger partial charge in [-0.15, -0.1) is 0 Å². The average Bonchev–Trinajstić information content (AvgIpc) is 2.37. The Labute approximate surface area is 125 Å². The number of hydrogen-bond donors (Lipinski definition) is 2. The molecular weight excluding hydrogens is 270 g/mol. The Kier molecular flexibility index (Phi) is 6.56. The van der Waals surface area contributed by atoms with Gasteiger partial charge in [-0.2, -0.15) is 11.8 Å². The molecule has 0 saturated carbocycles. The average molecular weight is 295 g/mol. The highest BCUT2D eigenvalue weighted by atomic mass is 32.2. The number of carboxylic acids is 1. The number of rotatable bonds is 8. The SMILES string of the molecule is Cc1cccc(C(C)(C)CCSCCC(N)C(=O)O)c1. The zero-order valence-electron chi connectivity index (χ0n) is 12.6. The summed E-state index contributed by atoms with van der Waals surface area (Å²) in [5.41, 5.74) is 8.28. The van der Waals surface area contributed by atoms with E-state index in [9.17, 15) is 4.79 Å². The highest BCUT2D eigenvalue weighted by molar-refractivity contribution is 7.99. The zero-order chi connectivity index (χ0) is 15.2. The van der Waals surface area contributed by atoms with Gasteiger partial charge in [-0.3, -0.25) is 4.79 Å². The molecule has 3 N–H and O–H groups in total. The fourth-order valence-corrected chi connectivity index (χ4v) is 3.25. The van der Waals surface area contributed by atoms with E-state index >= 15 is 0 Å². The van der Waals surface area contributed by atoms with E-state index in [2.05, 4.69) is 45.0 Å². The van der Waals surface area contributed by atoms with Crippen LogP contribution in [0.5, 0.6) is 0 Å². The number of nitrogens with two attached hydrogens (primary N) is 1. The lowest BCUT2D eigenvalue weighted by molar-refractivity contribution is -0.138. The lowest BCUT2D eigenvalue weighted by Gasteiger charge is -2.25. The highest BCUT2D eigenvalue weighted by Gasteiger charge is 2.20. The standard InChI is InChI=1S/C16H25NO2S/c1-12-5-4-6-13(11-12)16(2,3)8-10-20-9-7-14(17)15(18)19/h4-6,11,14H,7-10,17H2,1-3H3,(H,18,19). The summed E-state index contributed by atoms with van der Waals surface area (Å²) in [7, 11) is 0. The molecule has 0 spiro atoms. The summed E-state index contributed by atoms with van der Waals surface area (Å²) in [6.45, 7) is 6.62. The molecule has 1 rings (SSSR count). The van der Waals surface area contributed by atoms with Gasteiger partial charge in [0.15, 0.2) is 0 Å². The predicted octanol–water partition coefficient (Wildman–Crippen LogP) is 3.20. The third-order valence-electron chi connectivity index (χ3n) is 3.56. The minimum atomic E-state index is -0.911. The van der Waals surface area contributed by atoms with Crippen molar-refractivity contribution < 1.29 is 9.90 Å². The van der Waals surface area contributed by atoms with Crippen LogP contribution in [0.25, 0.3) is 0 Å². The number of aliphatic carboxylic acids is 1. The summed E-state index contributed by atoms with van der Waals surface area (Å²) in [5.74, 6) is 0.913. The number of carboxylic acid groups (broad SMARTS) is 1. The molecule has 0 aromatic heterocycles. The van der Waals surface area contributed by atoms with Gasteiger partial charge in [-0.05, 0) is 42.2 Å². The molecule has 3 nitrogen and oxygen atoms in total. The largest absolute Gasteiger partial charge is 0.480 e. The fraction of sp³-hybridized carbons (Fsp3) is 0.562. The van der Waals surface area contributed by atoms with Crippen LogP contribution in [-0.2, 0) is 10.2 Å². The topological polar surface area (TPSA) is 63.3 Å². The van der Waals surface area contributed by atoms with Crippen LogP contribution in [0, 0.1) is 6.92 Å². The summed E-state index contributed by atoms with van der Waals surface area (Å²) in [6, 6.07) is 7.91. The molecule has 20 heavy (non-hydrogen) atoms. The van der Waals surface area contributed by atoms with Crippen LogP contribution in [-0.4, -0.2) is 28.6 Å². The van der Waals surface area contributed by atoms with Crippen molar-refractivity contribution in [3.8, 4) is 0 Å². The molecule has 0 fully saturated rings. The molecule has 1 aromatic rings. The predicted molar refractivity (Wildman–Crippen MR) is 86.4 cm³/mol. The summed E-state index contributed by atoms with van der Waals surface area (Å²) in [6.07, 6.45) is 1.61. The van der Waals surface area contributed by atoms with E-state index in [0.717, 1.165) is 17.9 Å². The molecule has 1 unspecified atom stereocenters. The fourth-order valence-electron chi connectivity index (χ4n) is 1.97. The molecule has 0 bridgehead atoms. The molecular formula is C16H25NO2S. The van der Waals surface area contributed by atoms with Gasteiger partial charge in [0.2, 0.25) is 0 Å². The molecule has 4 heteroatoms. The van der Waals surface area contributed by atoms with Gasteiger partial charge >= 0.3 is 5.97 Å². The Morgan fingerprint density at radius 2 is 2.10 bits per heavy atom. The minimum Gasteiger partial charge on any atom is -0.480 e. The Balaban J connectivity index is 2.35. The van der Waals surface area contributed by atoms with E-state index in [4.69, 9.17) is 10.8 Å². The Bertz CT molecular complexity index is 446. The van der Waals surface area contributed by atoms with Crippen molar-refractivity contribution >= 4 is 17.7 Å². The second-order valence-corrected chi connectivity index (χ2v) is 7.07. The molecule has 1 atom stereocenters. The molecule has 0 radical (unpaired) electrons. The first-order valence-electron chi connectivity index (χ1n) is 6.96. The van der Waals surface area contributed by atoms with E-state index in [1.165, 1.54) is 11.1 Å². The highest BCUT2D eigenvalue weighted by Crippen LogP contribution is 2.29. The molecule has 112 valence electrons. The summed E-state index contributed by atoms with van der Waals surface area (Å²) in [4.78, 5) is 10.6. The first-order valence-corrected chi connectivity index (χ1v) is 8.11. The van der Waals surface area contributed by atoms with Gasteiger partial charge in [0.05, 0.1) is 0 Å². The van der Waals surface area contributed by atoms with Crippen LogP contribution >= 0.6 is 11.8 Å². The van der Waals surface area contributed by atoms with Crippen LogP contribution in [0.3, 0.4) is 0 Å². The van der Waals surface area contributed by atoms with Gasteiger partial charge in [-0.25, -0.2) is 0 Å². The third-order valence-corrected chi connectivity index (χ3v) is 4.58. The van der Waals surface area contributed by atoms with E-state index in [-0.39, 0.29) is 5.41 Å². The Morgan fingerprint density at radius 3 is 2.70 bits per heavy atom. The lowest BCUT2D eigenvalue weighted by atomic mass is 9.82. The number of hydrogen-bond acceptors (Lipinski definition) is 3. The second-order valence-electron chi connectivity index (χ2n) is 5.85. The minimum absolute atomic E-state index is 0.147. The first-order chi connectivity index (χ1) is 9.33. The molecule has 0 aliphatic rings. The van der Waals surface area contributed by atoms with Crippen LogP contribution < -0.4 is 5.73 Å². The van der Waals surface area contributed by atoms with Gasteiger partial charge in [0, 0.05) is 0 Å². The summed E-state index contributed by atoms with van der Waals surface area (Å²) in [5, 5.41) is 8.71. The van der Waals surface area contributed by atoms with Crippen molar-refractivity contribution in [2.45, 2.75) is 45.1 Å². The Morgan fingerprint density at radius 1 is 1.40 bits per heavy atom. The normalized spacial score (nSPS) is 13.2. The van der Waals surface area contributed by atoms with E-state index in [0.29, 0.717) is 6.42 Å². The van der Waals surface area contributed by atoms with Crippen molar-refractivity contribution in [1.82, 2.24) is 0 Å². The molecule has 0 saturated heterocycles. The van der Waals surface area contributed by atoms with E-state index in [1.54, 1.807) is 11.8 Å². The van der Waals surface area contributed by atoms with Crippen molar-refractivity contribution in [1.29, 1.82) is 0 Å².